The first-order valence-electron chi connectivity index (χ1n) is 9.57. The van der Waals surface area contributed by atoms with Gasteiger partial charge >= 0.3 is 0 Å². The van der Waals surface area contributed by atoms with Gasteiger partial charge in [0.15, 0.2) is 16.5 Å². The van der Waals surface area contributed by atoms with Crippen LogP contribution in [0.2, 0.25) is 0 Å². The van der Waals surface area contributed by atoms with Crippen LogP contribution in [0.3, 0.4) is 0 Å². The number of furan rings is 1. The summed E-state index contributed by atoms with van der Waals surface area (Å²) in [6.07, 6.45) is 3.27. The van der Waals surface area contributed by atoms with E-state index in [0.717, 1.165) is 17.8 Å². The van der Waals surface area contributed by atoms with Crippen LogP contribution in [0.4, 0.5) is 4.39 Å². The van der Waals surface area contributed by atoms with Crippen LogP contribution in [0.25, 0.3) is 22.1 Å². The summed E-state index contributed by atoms with van der Waals surface area (Å²) >= 11 is 1.37. The standard InChI is InChI=1S/C21H17FN4O3S/c22-15-7-2-1-6-14(15)20-24-23-19(30-20)13-5-3-9-26(12-13)21(27)16-11-18(29-25-16)17-8-4-10-28-17/h1-2,4,6-8,10-11,13H,3,5,9,12H2/t13-/m1/s1. The van der Waals surface area contributed by atoms with Gasteiger partial charge in [0.2, 0.25) is 5.76 Å². The van der Waals surface area contributed by atoms with Crippen molar-refractivity contribution in [3.8, 4) is 22.1 Å². The Hall–Kier alpha value is -3.33. The molecule has 0 N–H and O–H groups in total. The van der Waals surface area contributed by atoms with Crippen molar-refractivity contribution in [2.24, 2.45) is 0 Å². The number of benzene rings is 1. The molecule has 1 aliphatic heterocycles. The van der Waals surface area contributed by atoms with E-state index in [2.05, 4.69) is 15.4 Å². The van der Waals surface area contributed by atoms with E-state index in [9.17, 15) is 9.18 Å². The van der Waals surface area contributed by atoms with E-state index in [1.807, 2.05) is 0 Å². The number of carbonyl (C=O) groups is 1. The van der Waals surface area contributed by atoms with Gasteiger partial charge in [0, 0.05) is 30.6 Å². The van der Waals surface area contributed by atoms with Gasteiger partial charge in [-0.1, -0.05) is 28.6 Å². The lowest BCUT2D eigenvalue weighted by Crippen LogP contribution is -2.39. The monoisotopic (exact) mass is 424 g/mol. The van der Waals surface area contributed by atoms with E-state index in [-0.39, 0.29) is 23.3 Å². The minimum Gasteiger partial charge on any atom is -0.461 e. The molecule has 0 bridgehead atoms. The Labute approximate surface area is 175 Å². The number of rotatable bonds is 4. The molecule has 5 rings (SSSR count). The molecule has 0 spiro atoms. The van der Waals surface area contributed by atoms with Gasteiger partial charge in [-0.2, -0.15) is 0 Å². The van der Waals surface area contributed by atoms with Gasteiger partial charge in [0.05, 0.1) is 6.26 Å². The van der Waals surface area contributed by atoms with Gasteiger partial charge in [0.1, 0.15) is 10.8 Å². The number of carbonyl (C=O) groups excluding carboxylic acids is 1. The van der Waals surface area contributed by atoms with Crippen LogP contribution in [0.1, 0.15) is 34.3 Å². The number of nitrogens with zero attached hydrogens (tertiary/aromatic N) is 4. The number of hydrogen-bond acceptors (Lipinski definition) is 7. The van der Waals surface area contributed by atoms with Crippen molar-refractivity contribution in [2.75, 3.05) is 13.1 Å². The zero-order valence-electron chi connectivity index (χ0n) is 15.8. The maximum absolute atomic E-state index is 14.0. The van der Waals surface area contributed by atoms with Crippen molar-refractivity contribution < 1.29 is 18.1 Å². The highest BCUT2D eigenvalue weighted by Gasteiger charge is 2.30. The van der Waals surface area contributed by atoms with E-state index in [1.54, 1.807) is 41.3 Å². The maximum atomic E-state index is 14.0. The molecule has 1 atom stereocenters. The Morgan fingerprint density at radius 1 is 1.17 bits per heavy atom. The summed E-state index contributed by atoms with van der Waals surface area (Å²) in [6, 6.07) is 11.6. The first kappa shape index (κ1) is 18.7. The van der Waals surface area contributed by atoms with Crippen molar-refractivity contribution in [2.45, 2.75) is 18.8 Å². The molecular weight excluding hydrogens is 407 g/mol. The topological polar surface area (TPSA) is 85.3 Å². The summed E-state index contributed by atoms with van der Waals surface area (Å²) < 4.78 is 24.6. The minimum absolute atomic E-state index is 0.0529. The number of piperidine rings is 1. The molecule has 0 unspecified atom stereocenters. The van der Waals surface area contributed by atoms with Crippen LogP contribution >= 0.6 is 11.3 Å². The minimum atomic E-state index is -0.320. The van der Waals surface area contributed by atoms with Crippen molar-refractivity contribution >= 4 is 17.2 Å². The Kier molecular flexibility index (Phi) is 4.88. The molecule has 1 fully saturated rings. The van der Waals surface area contributed by atoms with Crippen LogP contribution in [0.5, 0.6) is 0 Å². The normalized spacial score (nSPS) is 16.7. The van der Waals surface area contributed by atoms with Gasteiger partial charge in [0.25, 0.3) is 5.91 Å². The fraction of sp³-hybridized carbons (Fsp3) is 0.238. The Balaban J connectivity index is 1.32. The number of aromatic nitrogens is 3. The number of halogens is 1. The van der Waals surface area contributed by atoms with Crippen LogP contribution < -0.4 is 0 Å². The van der Waals surface area contributed by atoms with Crippen molar-refractivity contribution in [3.63, 3.8) is 0 Å². The molecule has 1 amide bonds. The lowest BCUT2D eigenvalue weighted by Gasteiger charge is -2.30. The maximum Gasteiger partial charge on any atom is 0.276 e. The molecule has 0 saturated carbocycles. The molecule has 30 heavy (non-hydrogen) atoms. The lowest BCUT2D eigenvalue weighted by molar-refractivity contribution is 0.0696. The highest BCUT2D eigenvalue weighted by Crippen LogP contribution is 2.34. The number of likely N-dealkylation sites (tertiary alicyclic amines) is 1. The van der Waals surface area contributed by atoms with Crippen molar-refractivity contribution in [3.05, 3.63) is 65.2 Å². The van der Waals surface area contributed by atoms with Gasteiger partial charge in [-0.25, -0.2) is 4.39 Å². The second kappa shape index (κ2) is 7.83. The average molecular weight is 424 g/mol. The van der Waals surface area contributed by atoms with Crippen LogP contribution in [0.15, 0.2) is 57.7 Å². The Morgan fingerprint density at radius 2 is 2.07 bits per heavy atom. The van der Waals surface area contributed by atoms with Crippen molar-refractivity contribution in [1.29, 1.82) is 0 Å². The van der Waals surface area contributed by atoms with E-state index in [0.29, 0.717) is 35.2 Å². The molecule has 152 valence electrons. The van der Waals surface area contributed by atoms with Crippen LogP contribution in [-0.2, 0) is 0 Å². The second-order valence-electron chi connectivity index (χ2n) is 7.07. The highest BCUT2D eigenvalue weighted by molar-refractivity contribution is 7.14. The number of hydrogen-bond donors (Lipinski definition) is 0. The summed E-state index contributed by atoms with van der Waals surface area (Å²) in [6.45, 7) is 1.14. The number of amides is 1. The SMILES string of the molecule is O=C(c1cc(-c2ccco2)on1)N1CCC[C@@H](c2nnc(-c3ccccc3F)s2)C1. The Bertz CT molecular complexity index is 1170. The lowest BCUT2D eigenvalue weighted by atomic mass is 9.98. The smallest absolute Gasteiger partial charge is 0.276 e. The zero-order valence-corrected chi connectivity index (χ0v) is 16.6. The first-order chi connectivity index (χ1) is 14.7. The summed E-state index contributed by atoms with van der Waals surface area (Å²) in [7, 11) is 0. The molecule has 3 aromatic heterocycles. The van der Waals surface area contributed by atoms with E-state index in [1.165, 1.54) is 23.7 Å². The van der Waals surface area contributed by atoms with Crippen LogP contribution in [0, 0.1) is 5.82 Å². The molecule has 4 aromatic rings. The Morgan fingerprint density at radius 3 is 2.90 bits per heavy atom. The zero-order chi connectivity index (χ0) is 20.5. The fourth-order valence-electron chi connectivity index (χ4n) is 3.58. The second-order valence-corrected chi connectivity index (χ2v) is 8.08. The van der Waals surface area contributed by atoms with Gasteiger partial charge in [-0.05, 0) is 37.1 Å². The largest absolute Gasteiger partial charge is 0.461 e. The predicted octanol–water partition coefficient (Wildman–Crippen LogP) is 4.61. The molecule has 9 heteroatoms. The third-order valence-corrected chi connectivity index (χ3v) is 6.22. The molecule has 1 aliphatic rings. The van der Waals surface area contributed by atoms with Crippen molar-refractivity contribution in [1.82, 2.24) is 20.3 Å². The third-order valence-electron chi connectivity index (χ3n) is 5.10. The molecule has 0 radical (unpaired) electrons. The van der Waals surface area contributed by atoms with Gasteiger partial charge in [-0.3, -0.25) is 4.79 Å². The molecule has 1 aromatic carbocycles. The first-order valence-corrected chi connectivity index (χ1v) is 10.4. The fourth-order valence-corrected chi connectivity index (χ4v) is 4.58. The summed E-state index contributed by atoms with van der Waals surface area (Å²) in [5, 5.41) is 13.7. The van der Waals surface area contributed by atoms with E-state index >= 15 is 0 Å². The molecular formula is C21H17FN4O3S. The van der Waals surface area contributed by atoms with E-state index in [4.69, 9.17) is 8.94 Å². The molecule has 4 heterocycles. The van der Waals surface area contributed by atoms with E-state index < -0.39 is 0 Å². The summed E-state index contributed by atoms with van der Waals surface area (Å²) in [5.74, 6) is 0.472. The molecule has 1 saturated heterocycles. The highest BCUT2D eigenvalue weighted by atomic mass is 32.1. The third kappa shape index (κ3) is 3.52. The summed E-state index contributed by atoms with van der Waals surface area (Å²) in [5.41, 5.74) is 0.685. The van der Waals surface area contributed by atoms with Gasteiger partial charge < -0.3 is 13.8 Å². The molecule has 0 aliphatic carbocycles. The quantitative estimate of drug-likeness (QED) is 0.476. The average Bonchev–Trinajstić information content (AvgIpc) is 3.55. The molecule has 7 nitrogen and oxygen atoms in total. The van der Waals surface area contributed by atoms with Crippen LogP contribution in [-0.4, -0.2) is 39.3 Å². The summed E-state index contributed by atoms with van der Waals surface area (Å²) in [4.78, 5) is 14.7. The van der Waals surface area contributed by atoms with Gasteiger partial charge in [-0.15, -0.1) is 10.2 Å². The predicted molar refractivity (Wildman–Crippen MR) is 107 cm³/mol.